The first-order valence-electron chi connectivity index (χ1n) is 13.3. The molecule has 2 atom stereocenters. The van der Waals surface area contributed by atoms with E-state index in [-0.39, 0.29) is 35.0 Å². The number of nitrogens with zero attached hydrogens (tertiary/aromatic N) is 2. The van der Waals surface area contributed by atoms with Gasteiger partial charge in [0.05, 0.1) is 22.8 Å². The zero-order valence-corrected chi connectivity index (χ0v) is 23.8. The van der Waals surface area contributed by atoms with Crippen LogP contribution in [0.5, 0.6) is 5.75 Å². The van der Waals surface area contributed by atoms with Crippen molar-refractivity contribution >= 4 is 23.4 Å². The SMILES string of the molecule is CC(C)(C)CC(C(=O)OCCN1c2ccccc2C(C)(C)C12C=Cc1cc([N+](=O)[O-])ccc1O2)C(C)(C)C. The van der Waals surface area contributed by atoms with Gasteiger partial charge in [0.1, 0.15) is 12.4 Å². The van der Waals surface area contributed by atoms with Crippen molar-refractivity contribution in [1.29, 1.82) is 0 Å². The summed E-state index contributed by atoms with van der Waals surface area (Å²) in [7, 11) is 0. The predicted molar refractivity (Wildman–Crippen MR) is 150 cm³/mol. The second-order valence-corrected chi connectivity index (χ2v) is 13.3. The molecule has 2 aromatic rings. The molecule has 204 valence electrons. The van der Waals surface area contributed by atoms with Crippen molar-refractivity contribution in [3.8, 4) is 5.75 Å². The molecule has 0 saturated heterocycles. The first-order chi connectivity index (χ1) is 17.6. The molecule has 2 heterocycles. The number of fused-ring (bicyclic) bond motifs is 2. The number of carbonyl (C=O) groups is 1. The minimum absolute atomic E-state index is 0.00212. The van der Waals surface area contributed by atoms with Crippen molar-refractivity contribution in [1.82, 2.24) is 0 Å². The number of carbonyl (C=O) groups excluding carboxylic acids is 1. The van der Waals surface area contributed by atoms with E-state index in [9.17, 15) is 14.9 Å². The molecular weight excluding hydrogens is 480 g/mol. The van der Waals surface area contributed by atoms with E-state index in [1.54, 1.807) is 6.07 Å². The molecule has 0 radical (unpaired) electrons. The summed E-state index contributed by atoms with van der Waals surface area (Å²) in [5.74, 6) is 0.192. The molecule has 2 aliphatic rings. The van der Waals surface area contributed by atoms with Crippen LogP contribution < -0.4 is 9.64 Å². The summed E-state index contributed by atoms with van der Waals surface area (Å²) in [5, 5.41) is 11.3. The lowest BCUT2D eigenvalue weighted by Crippen LogP contribution is -2.60. The van der Waals surface area contributed by atoms with Gasteiger partial charge in [-0.2, -0.15) is 0 Å². The van der Waals surface area contributed by atoms with Gasteiger partial charge >= 0.3 is 5.97 Å². The smallest absolute Gasteiger partial charge is 0.309 e. The molecule has 1 spiro atoms. The van der Waals surface area contributed by atoms with Crippen LogP contribution in [0.3, 0.4) is 0 Å². The highest BCUT2D eigenvalue weighted by Gasteiger charge is 2.58. The lowest BCUT2D eigenvalue weighted by atomic mass is 9.72. The summed E-state index contributed by atoms with van der Waals surface area (Å²) in [4.78, 5) is 26.3. The molecule has 0 amide bonds. The van der Waals surface area contributed by atoms with Crippen LogP contribution in [0, 0.1) is 26.9 Å². The highest BCUT2D eigenvalue weighted by atomic mass is 16.6. The Morgan fingerprint density at radius 3 is 2.42 bits per heavy atom. The van der Waals surface area contributed by atoms with Crippen LogP contribution >= 0.6 is 0 Å². The Morgan fingerprint density at radius 1 is 1.11 bits per heavy atom. The number of hydrogen-bond acceptors (Lipinski definition) is 6. The third kappa shape index (κ3) is 4.91. The van der Waals surface area contributed by atoms with Gasteiger partial charge in [-0.1, -0.05) is 59.7 Å². The number of nitro groups is 1. The fourth-order valence-electron chi connectivity index (χ4n) is 5.68. The maximum absolute atomic E-state index is 13.3. The zero-order chi connectivity index (χ0) is 28.1. The van der Waals surface area contributed by atoms with Gasteiger partial charge in [0.25, 0.3) is 5.69 Å². The number of esters is 1. The van der Waals surface area contributed by atoms with Gasteiger partial charge in [-0.3, -0.25) is 14.9 Å². The summed E-state index contributed by atoms with van der Waals surface area (Å²) < 4.78 is 12.7. The molecule has 4 rings (SSSR count). The molecule has 0 saturated carbocycles. The van der Waals surface area contributed by atoms with Crippen molar-refractivity contribution in [3.05, 3.63) is 69.8 Å². The first-order valence-corrected chi connectivity index (χ1v) is 13.3. The number of non-ortho nitro benzene ring substituents is 1. The minimum atomic E-state index is -0.888. The second-order valence-electron chi connectivity index (χ2n) is 13.3. The second kappa shape index (κ2) is 9.44. The molecule has 0 aliphatic carbocycles. The normalized spacial score (nSPS) is 20.5. The van der Waals surface area contributed by atoms with E-state index >= 15 is 0 Å². The largest absolute Gasteiger partial charge is 0.464 e. The van der Waals surface area contributed by atoms with Crippen molar-refractivity contribution in [2.75, 3.05) is 18.1 Å². The van der Waals surface area contributed by atoms with Crippen LogP contribution in [0.1, 0.15) is 72.9 Å². The summed E-state index contributed by atoms with van der Waals surface area (Å²) in [5.41, 5.74) is 1.28. The van der Waals surface area contributed by atoms with Crippen LogP contribution in [0.4, 0.5) is 11.4 Å². The molecule has 7 nitrogen and oxygen atoms in total. The Bertz CT molecular complexity index is 1270. The van der Waals surface area contributed by atoms with Gasteiger partial charge < -0.3 is 14.4 Å². The number of rotatable bonds is 6. The Balaban J connectivity index is 1.63. The Kier molecular flexibility index (Phi) is 6.87. The Hall–Kier alpha value is -3.35. The standard InChI is InChI=1S/C31H40N2O5/c1-28(2,3)20-24(29(4,5)6)27(34)37-18-17-32-25-12-10-9-11-23(25)30(7,8)31(32)16-15-21-19-22(33(35)36)13-14-26(21)38-31/h9-16,19,24H,17-18,20H2,1-8H3. The fraction of sp³-hybridized carbons (Fsp3) is 0.516. The molecule has 0 bridgehead atoms. The molecule has 0 fully saturated rings. The molecule has 0 aromatic heterocycles. The highest BCUT2D eigenvalue weighted by molar-refractivity contribution is 5.74. The molecular formula is C31H40N2O5. The number of benzene rings is 2. The molecule has 7 heteroatoms. The Morgan fingerprint density at radius 2 is 1.79 bits per heavy atom. The third-order valence-electron chi connectivity index (χ3n) is 7.83. The average Bonchev–Trinajstić information content (AvgIpc) is 2.99. The fourth-order valence-corrected chi connectivity index (χ4v) is 5.68. The number of hydrogen-bond donors (Lipinski definition) is 0. The topological polar surface area (TPSA) is 81.9 Å². The van der Waals surface area contributed by atoms with Crippen LogP contribution in [0.2, 0.25) is 0 Å². The van der Waals surface area contributed by atoms with Gasteiger partial charge in [-0.25, -0.2) is 0 Å². The quantitative estimate of drug-likeness (QED) is 0.229. The lowest BCUT2D eigenvalue weighted by Gasteiger charge is -2.47. The number of ether oxygens (including phenoxy) is 2. The zero-order valence-electron chi connectivity index (χ0n) is 23.8. The lowest BCUT2D eigenvalue weighted by molar-refractivity contribution is -0.384. The number of anilines is 1. The molecule has 2 unspecified atom stereocenters. The van der Waals surface area contributed by atoms with Crippen LogP contribution in [0.15, 0.2) is 48.5 Å². The minimum Gasteiger partial charge on any atom is -0.464 e. The van der Waals surface area contributed by atoms with Gasteiger partial charge in [0.15, 0.2) is 0 Å². The number of nitro benzene ring substituents is 1. The molecule has 38 heavy (non-hydrogen) atoms. The van der Waals surface area contributed by atoms with E-state index in [2.05, 4.69) is 72.4 Å². The molecule has 2 aliphatic heterocycles. The van der Waals surface area contributed by atoms with E-state index in [1.807, 2.05) is 24.3 Å². The molecule has 2 aromatic carbocycles. The monoisotopic (exact) mass is 520 g/mol. The van der Waals surface area contributed by atoms with Gasteiger partial charge in [-0.15, -0.1) is 0 Å². The first kappa shape index (κ1) is 27.7. The van der Waals surface area contributed by atoms with E-state index in [0.29, 0.717) is 17.9 Å². The van der Waals surface area contributed by atoms with Crippen molar-refractivity contribution in [2.45, 2.75) is 73.0 Å². The van der Waals surface area contributed by atoms with E-state index in [0.717, 1.165) is 17.7 Å². The average molecular weight is 521 g/mol. The molecule has 0 N–H and O–H groups in total. The highest BCUT2D eigenvalue weighted by Crippen LogP contribution is 2.55. The summed E-state index contributed by atoms with van der Waals surface area (Å²) in [6.45, 7) is 17.6. The van der Waals surface area contributed by atoms with Gasteiger partial charge in [0, 0.05) is 23.4 Å². The number of para-hydroxylation sites is 1. The Labute approximate surface area is 226 Å². The van der Waals surface area contributed by atoms with Crippen molar-refractivity contribution < 1.29 is 19.2 Å². The van der Waals surface area contributed by atoms with Crippen LogP contribution in [0.25, 0.3) is 6.08 Å². The maximum Gasteiger partial charge on any atom is 0.309 e. The third-order valence-corrected chi connectivity index (χ3v) is 7.83. The van der Waals surface area contributed by atoms with Gasteiger partial charge in [-0.05, 0) is 60.9 Å². The van der Waals surface area contributed by atoms with E-state index in [1.165, 1.54) is 12.1 Å². The van der Waals surface area contributed by atoms with E-state index in [4.69, 9.17) is 9.47 Å². The van der Waals surface area contributed by atoms with E-state index < -0.39 is 16.1 Å². The van der Waals surface area contributed by atoms with Crippen molar-refractivity contribution in [3.63, 3.8) is 0 Å². The summed E-state index contributed by atoms with van der Waals surface area (Å²) in [6.07, 6.45) is 4.63. The van der Waals surface area contributed by atoms with Crippen molar-refractivity contribution in [2.24, 2.45) is 16.7 Å². The predicted octanol–water partition coefficient (Wildman–Crippen LogP) is 7.14. The van der Waals surface area contributed by atoms with Gasteiger partial charge in [0.2, 0.25) is 5.72 Å². The maximum atomic E-state index is 13.3. The van der Waals surface area contributed by atoms with Crippen LogP contribution in [-0.2, 0) is 14.9 Å². The summed E-state index contributed by atoms with van der Waals surface area (Å²) in [6, 6.07) is 12.8. The van der Waals surface area contributed by atoms with Crippen LogP contribution in [-0.4, -0.2) is 29.8 Å². The summed E-state index contributed by atoms with van der Waals surface area (Å²) >= 11 is 0.